The normalized spacial score (nSPS) is 15.6. The molecule has 1 unspecified atom stereocenters. The molecular formula is C23H23N3O7S. The maximum atomic E-state index is 13.0. The summed E-state index contributed by atoms with van der Waals surface area (Å²) in [5, 5.41) is 21.5. The molecule has 0 bridgehead atoms. The quantitative estimate of drug-likeness (QED) is 0.438. The number of non-ortho nitro benzene ring substituents is 1. The zero-order chi connectivity index (χ0) is 24.8. The number of aliphatic imine (C=N–C) groups is 1. The number of carbonyl (C=O) groups excluding carboxylic acids is 1. The van der Waals surface area contributed by atoms with Crippen molar-refractivity contribution in [2.75, 3.05) is 13.7 Å². The third kappa shape index (κ3) is 5.37. The lowest BCUT2D eigenvalue weighted by molar-refractivity contribution is -0.384. The van der Waals surface area contributed by atoms with E-state index in [2.05, 4.69) is 4.99 Å². The van der Waals surface area contributed by atoms with Crippen LogP contribution in [-0.2, 0) is 15.3 Å². The minimum Gasteiger partial charge on any atom is -0.497 e. The first-order chi connectivity index (χ1) is 16.3. The number of rotatable bonds is 7. The highest BCUT2D eigenvalue weighted by Gasteiger charge is 2.41. The van der Waals surface area contributed by atoms with E-state index < -0.39 is 23.0 Å². The first-order valence-corrected chi connectivity index (χ1v) is 11.2. The van der Waals surface area contributed by atoms with Crippen molar-refractivity contribution in [3.8, 4) is 5.75 Å². The molecule has 10 nitrogen and oxygen atoms in total. The number of carbonyl (C=O) groups is 2. The number of nitro benzene ring substituents is 1. The molecule has 1 amide bonds. The smallest absolute Gasteiger partial charge is 0.416 e. The Morgan fingerprint density at radius 3 is 2.53 bits per heavy atom. The van der Waals surface area contributed by atoms with Gasteiger partial charge in [-0.1, -0.05) is 36.0 Å². The van der Waals surface area contributed by atoms with Crippen LogP contribution >= 0.6 is 11.8 Å². The molecule has 178 valence electrons. The van der Waals surface area contributed by atoms with E-state index in [4.69, 9.17) is 9.47 Å². The van der Waals surface area contributed by atoms with Gasteiger partial charge in [-0.15, -0.1) is 0 Å². The van der Waals surface area contributed by atoms with Crippen molar-refractivity contribution in [3.05, 3.63) is 81.0 Å². The molecule has 2 aromatic rings. The number of thioether (sulfide) groups is 1. The molecule has 1 aliphatic heterocycles. The van der Waals surface area contributed by atoms with E-state index in [0.717, 1.165) is 10.5 Å². The Morgan fingerprint density at radius 1 is 1.24 bits per heavy atom. The van der Waals surface area contributed by atoms with Crippen LogP contribution in [0.1, 0.15) is 31.0 Å². The molecule has 0 fully saturated rings. The predicted octanol–water partition coefficient (Wildman–Crippen LogP) is 4.76. The molecule has 1 atom stereocenters. The van der Waals surface area contributed by atoms with E-state index in [9.17, 15) is 24.8 Å². The van der Waals surface area contributed by atoms with Gasteiger partial charge >= 0.3 is 12.1 Å². The topological polar surface area (TPSA) is 132 Å². The van der Waals surface area contributed by atoms with Crippen LogP contribution in [0.3, 0.4) is 0 Å². The van der Waals surface area contributed by atoms with E-state index in [1.165, 1.54) is 43.0 Å². The molecule has 1 heterocycles. The van der Waals surface area contributed by atoms with Crippen molar-refractivity contribution in [2.24, 2.45) is 4.99 Å². The molecule has 0 saturated heterocycles. The Bertz CT molecular complexity index is 1160. The van der Waals surface area contributed by atoms with E-state index in [-0.39, 0.29) is 34.3 Å². The first-order valence-electron chi connectivity index (χ1n) is 10.3. The number of nitrogens with zero attached hydrogens (tertiary/aromatic N) is 3. The van der Waals surface area contributed by atoms with Gasteiger partial charge in [0.25, 0.3) is 5.69 Å². The number of allylic oxidation sites excluding steroid dienone is 1. The largest absolute Gasteiger partial charge is 0.497 e. The van der Waals surface area contributed by atoms with Crippen LogP contribution in [0, 0.1) is 10.1 Å². The Balaban J connectivity index is 2.07. The minimum absolute atomic E-state index is 0.0541. The number of carboxylic acids is 1. The van der Waals surface area contributed by atoms with Gasteiger partial charge in [0.05, 0.1) is 29.9 Å². The van der Waals surface area contributed by atoms with Crippen molar-refractivity contribution >= 4 is 34.7 Å². The maximum Gasteiger partial charge on any atom is 0.416 e. The zero-order valence-electron chi connectivity index (χ0n) is 18.8. The van der Waals surface area contributed by atoms with Crippen LogP contribution in [0.2, 0.25) is 0 Å². The molecule has 0 radical (unpaired) electrons. The van der Waals surface area contributed by atoms with Gasteiger partial charge in [-0.3, -0.25) is 10.1 Å². The zero-order valence-corrected chi connectivity index (χ0v) is 19.6. The molecule has 3 rings (SSSR count). The van der Waals surface area contributed by atoms with E-state index in [1.807, 2.05) is 12.1 Å². The van der Waals surface area contributed by atoms with Gasteiger partial charge in [-0.2, -0.15) is 0 Å². The van der Waals surface area contributed by atoms with Gasteiger partial charge in [0.1, 0.15) is 11.8 Å². The number of amidine groups is 1. The Kier molecular flexibility index (Phi) is 7.90. The van der Waals surface area contributed by atoms with Crippen molar-refractivity contribution in [3.63, 3.8) is 0 Å². The summed E-state index contributed by atoms with van der Waals surface area (Å²) in [6, 6.07) is 11.7. The van der Waals surface area contributed by atoms with Gasteiger partial charge < -0.3 is 14.6 Å². The number of methoxy groups -OCH3 is 1. The number of ether oxygens (including phenoxy) is 2. The van der Waals surface area contributed by atoms with Crippen molar-refractivity contribution in [1.82, 2.24) is 4.90 Å². The average molecular weight is 486 g/mol. The fourth-order valence-electron chi connectivity index (χ4n) is 3.44. The fraction of sp³-hybridized carbons (Fsp3) is 0.261. The van der Waals surface area contributed by atoms with Crippen LogP contribution in [0.15, 0.2) is 64.8 Å². The summed E-state index contributed by atoms with van der Waals surface area (Å²) < 4.78 is 10.4. The Morgan fingerprint density at radius 2 is 1.94 bits per heavy atom. The van der Waals surface area contributed by atoms with E-state index in [1.54, 1.807) is 26.2 Å². The standard InChI is InChI=1S/C23H23N3O7S/c1-4-33-23(29)25-20(16-6-5-7-17(12-16)26(30)31)19(21(27)28)14(2)24-22(25)34-13-15-8-10-18(32-3)11-9-15/h5-12,20H,4,13H2,1-3H3,(H,27,28). The third-order valence-corrected chi connectivity index (χ3v) is 6.03. The number of hydrogen-bond donors (Lipinski definition) is 1. The summed E-state index contributed by atoms with van der Waals surface area (Å²) in [4.78, 5) is 41.5. The van der Waals surface area contributed by atoms with Crippen LogP contribution < -0.4 is 4.74 Å². The number of nitro groups is 1. The highest BCUT2D eigenvalue weighted by atomic mass is 32.2. The number of carboxylic acid groups (broad SMARTS) is 1. The second-order valence-corrected chi connectivity index (χ2v) is 8.10. The fourth-order valence-corrected chi connectivity index (χ4v) is 4.45. The summed E-state index contributed by atoms with van der Waals surface area (Å²) >= 11 is 1.23. The van der Waals surface area contributed by atoms with Gasteiger partial charge in [0, 0.05) is 17.9 Å². The third-order valence-electron chi connectivity index (χ3n) is 5.01. The molecule has 1 N–H and O–H groups in total. The lowest BCUT2D eigenvalue weighted by Crippen LogP contribution is -2.43. The summed E-state index contributed by atoms with van der Waals surface area (Å²) in [6.07, 6.45) is -0.800. The van der Waals surface area contributed by atoms with Crippen molar-refractivity contribution in [2.45, 2.75) is 25.6 Å². The van der Waals surface area contributed by atoms with Crippen LogP contribution in [0.25, 0.3) is 0 Å². The highest BCUT2D eigenvalue weighted by Crippen LogP contribution is 2.39. The predicted molar refractivity (Wildman–Crippen MR) is 127 cm³/mol. The summed E-state index contributed by atoms with van der Waals surface area (Å²) in [7, 11) is 1.57. The monoisotopic (exact) mass is 485 g/mol. The summed E-state index contributed by atoms with van der Waals surface area (Å²) in [6.45, 7) is 3.22. The summed E-state index contributed by atoms with van der Waals surface area (Å²) in [5.41, 5.74) is 0.995. The highest BCUT2D eigenvalue weighted by molar-refractivity contribution is 8.13. The maximum absolute atomic E-state index is 13.0. The molecule has 0 spiro atoms. The second-order valence-electron chi connectivity index (χ2n) is 7.16. The average Bonchev–Trinajstić information content (AvgIpc) is 2.82. The van der Waals surface area contributed by atoms with Crippen LogP contribution in [-0.4, -0.2) is 45.9 Å². The number of benzene rings is 2. The molecule has 0 saturated carbocycles. The Labute approximate surface area is 200 Å². The second kappa shape index (κ2) is 10.8. The van der Waals surface area contributed by atoms with E-state index >= 15 is 0 Å². The van der Waals surface area contributed by atoms with Gasteiger partial charge in [0.2, 0.25) is 0 Å². The van der Waals surface area contributed by atoms with Crippen LogP contribution in [0.5, 0.6) is 5.75 Å². The van der Waals surface area contributed by atoms with Gasteiger partial charge in [-0.05, 0) is 37.1 Å². The Hall–Kier alpha value is -3.86. The van der Waals surface area contributed by atoms with Crippen molar-refractivity contribution in [1.29, 1.82) is 0 Å². The molecule has 0 aromatic heterocycles. The first kappa shape index (κ1) is 24.8. The van der Waals surface area contributed by atoms with Crippen LogP contribution in [0.4, 0.5) is 10.5 Å². The van der Waals surface area contributed by atoms with Gasteiger partial charge in [-0.25, -0.2) is 19.5 Å². The number of aliphatic carboxylic acids is 1. The minimum atomic E-state index is -1.29. The number of hydrogen-bond acceptors (Lipinski definition) is 8. The lowest BCUT2D eigenvalue weighted by atomic mass is 9.94. The molecule has 2 aromatic carbocycles. The lowest BCUT2D eigenvalue weighted by Gasteiger charge is -2.35. The summed E-state index contributed by atoms with van der Waals surface area (Å²) in [5.74, 6) is -0.158. The molecule has 0 aliphatic carbocycles. The van der Waals surface area contributed by atoms with Crippen molar-refractivity contribution < 1.29 is 29.1 Å². The van der Waals surface area contributed by atoms with Gasteiger partial charge in [0.15, 0.2) is 5.17 Å². The van der Waals surface area contributed by atoms with E-state index in [0.29, 0.717) is 11.5 Å². The molecular weight excluding hydrogens is 462 g/mol. The number of amides is 1. The SMILES string of the molecule is CCOC(=O)N1C(SCc2ccc(OC)cc2)=NC(C)=C(C(=O)O)C1c1cccc([N+](=O)[O-])c1. The molecule has 34 heavy (non-hydrogen) atoms. The molecule has 11 heteroatoms. The molecule has 1 aliphatic rings.